The highest BCUT2D eigenvalue weighted by Gasteiger charge is 2.36. The first-order valence-corrected chi connectivity index (χ1v) is 8.96. The Morgan fingerprint density at radius 2 is 1.52 bits per heavy atom. The third kappa shape index (κ3) is 4.65. The van der Waals surface area contributed by atoms with E-state index in [1.165, 1.54) is 0 Å². The first-order chi connectivity index (χ1) is 11.9. The van der Waals surface area contributed by atoms with Crippen molar-refractivity contribution < 1.29 is 14.3 Å². The zero-order valence-electron chi connectivity index (χ0n) is 15.7. The molecule has 0 aromatic heterocycles. The molecule has 6 nitrogen and oxygen atoms in total. The van der Waals surface area contributed by atoms with E-state index in [1.54, 1.807) is 23.6 Å². The van der Waals surface area contributed by atoms with Crippen molar-refractivity contribution in [2.24, 2.45) is 0 Å². The number of nitrogens with zero attached hydrogens (tertiary/aromatic N) is 3. The lowest BCUT2D eigenvalue weighted by molar-refractivity contribution is -0.147. The number of rotatable bonds is 5. The van der Waals surface area contributed by atoms with E-state index in [1.807, 2.05) is 49.1 Å². The van der Waals surface area contributed by atoms with Crippen molar-refractivity contribution in [2.75, 3.05) is 39.3 Å². The van der Waals surface area contributed by atoms with Crippen LogP contribution in [0.1, 0.15) is 27.7 Å². The Morgan fingerprint density at radius 1 is 1.00 bits per heavy atom. The molecule has 0 atom stereocenters. The van der Waals surface area contributed by atoms with Crippen LogP contribution in [0.2, 0.25) is 0 Å². The summed E-state index contributed by atoms with van der Waals surface area (Å²) in [5.41, 5.74) is -0.938. The molecule has 0 aliphatic carbocycles. The van der Waals surface area contributed by atoms with Crippen LogP contribution >= 0.6 is 0 Å². The molecular formula is C19H29N3O3. The van der Waals surface area contributed by atoms with Crippen LogP contribution in [0.4, 0.5) is 4.79 Å². The predicted octanol–water partition coefficient (Wildman–Crippen LogP) is 2.45. The highest BCUT2D eigenvalue weighted by Crippen LogP contribution is 2.21. The Morgan fingerprint density at radius 3 is 2.04 bits per heavy atom. The number of para-hydroxylation sites is 1. The maximum absolute atomic E-state index is 12.8. The summed E-state index contributed by atoms with van der Waals surface area (Å²) in [6.07, 6.45) is 0. The molecule has 1 aromatic carbocycles. The van der Waals surface area contributed by atoms with Crippen molar-refractivity contribution in [3.8, 4) is 5.75 Å². The maximum atomic E-state index is 12.8. The molecule has 0 N–H and O–H groups in total. The van der Waals surface area contributed by atoms with Crippen molar-refractivity contribution in [3.63, 3.8) is 0 Å². The van der Waals surface area contributed by atoms with Gasteiger partial charge in [-0.25, -0.2) is 4.79 Å². The lowest BCUT2D eigenvalue weighted by Crippen LogP contribution is -2.58. The van der Waals surface area contributed by atoms with Gasteiger partial charge < -0.3 is 19.4 Å². The minimum Gasteiger partial charge on any atom is -0.478 e. The van der Waals surface area contributed by atoms with Crippen LogP contribution < -0.4 is 4.74 Å². The van der Waals surface area contributed by atoms with E-state index in [-0.39, 0.29) is 11.9 Å². The summed E-state index contributed by atoms with van der Waals surface area (Å²) in [6.45, 7) is 11.1. The molecule has 2 rings (SSSR count). The highest BCUT2D eigenvalue weighted by atomic mass is 16.5. The second-order valence-electron chi connectivity index (χ2n) is 6.66. The molecule has 1 heterocycles. The molecule has 1 aliphatic heterocycles. The van der Waals surface area contributed by atoms with E-state index in [2.05, 4.69) is 0 Å². The first-order valence-electron chi connectivity index (χ1n) is 8.96. The Hall–Kier alpha value is -2.24. The van der Waals surface area contributed by atoms with Gasteiger partial charge in [0.15, 0.2) is 5.60 Å². The Labute approximate surface area is 150 Å². The van der Waals surface area contributed by atoms with Crippen LogP contribution in [0.15, 0.2) is 30.3 Å². The smallest absolute Gasteiger partial charge is 0.320 e. The summed E-state index contributed by atoms with van der Waals surface area (Å²) >= 11 is 0. The fraction of sp³-hybridized carbons (Fsp3) is 0.579. The van der Waals surface area contributed by atoms with Crippen molar-refractivity contribution in [3.05, 3.63) is 30.3 Å². The van der Waals surface area contributed by atoms with Gasteiger partial charge in [0.25, 0.3) is 5.91 Å². The summed E-state index contributed by atoms with van der Waals surface area (Å²) in [6, 6.07) is 9.41. The number of hydrogen-bond acceptors (Lipinski definition) is 3. The summed E-state index contributed by atoms with van der Waals surface area (Å²) in [5, 5.41) is 0. The number of hydrogen-bond donors (Lipinski definition) is 0. The Balaban J connectivity index is 1.93. The molecule has 0 spiro atoms. The van der Waals surface area contributed by atoms with E-state index in [4.69, 9.17) is 4.74 Å². The predicted molar refractivity (Wildman–Crippen MR) is 97.6 cm³/mol. The van der Waals surface area contributed by atoms with Gasteiger partial charge >= 0.3 is 6.03 Å². The lowest BCUT2D eigenvalue weighted by Gasteiger charge is -2.39. The van der Waals surface area contributed by atoms with Crippen LogP contribution in [0.3, 0.4) is 0 Å². The first kappa shape index (κ1) is 19.1. The largest absolute Gasteiger partial charge is 0.478 e. The molecule has 138 valence electrons. The normalized spacial score (nSPS) is 15.0. The molecule has 3 amide bonds. The van der Waals surface area contributed by atoms with Crippen LogP contribution in [0, 0.1) is 0 Å². The van der Waals surface area contributed by atoms with Crippen molar-refractivity contribution in [1.29, 1.82) is 0 Å². The van der Waals surface area contributed by atoms with Crippen LogP contribution in [-0.4, -0.2) is 71.5 Å². The quantitative estimate of drug-likeness (QED) is 0.822. The van der Waals surface area contributed by atoms with E-state index in [0.29, 0.717) is 45.0 Å². The zero-order valence-corrected chi connectivity index (χ0v) is 15.7. The monoisotopic (exact) mass is 347 g/mol. The van der Waals surface area contributed by atoms with Gasteiger partial charge in [0.2, 0.25) is 0 Å². The van der Waals surface area contributed by atoms with Crippen LogP contribution in [-0.2, 0) is 4.79 Å². The van der Waals surface area contributed by atoms with Crippen molar-refractivity contribution in [1.82, 2.24) is 14.7 Å². The summed E-state index contributed by atoms with van der Waals surface area (Å²) in [7, 11) is 0. The van der Waals surface area contributed by atoms with Gasteiger partial charge in [-0.15, -0.1) is 0 Å². The molecule has 25 heavy (non-hydrogen) atoms. The minimum absolute atomic E-state index is 0.0497. The van der Waals surface area contributed by atoms with Crippen LogP contribution in [0.5, 0.6) is 5.75 Å². The molecular weight excluding hydrogens is 318 g/mol. The molecule has 0 saturated carbocycles. The number of ether oxygens (including phenoxy) is 1. The fourth-order valence-corrected chi connectivity index (χ4v) is 3.00. The van der Waals surface area contributed by atoms with Gasteiger partial charge in [-0.3, -0.25) is 4.79 Å². The second kappa shape index (κ2) is 8.23. The summed E-state index contributed by atoms with van der Waals surface area (Å²) in [4.78, 5) is 30.6. The molecule has 1 aromatic rings. The summed E-state index contributed by atoms with van der Waals surface area (Å²) < 4.78 is 5.88. The standard InChI is InChI=1S/C19H29N3O3/c1-5-20(6-2)18(24)22-14-12-21(13-15-22)17(23)19(3,4)25-16-10-8-7-9-11-16/h7-11H,5-6,12-15H2,1-4H3. The van der Waals surface area contributed by atoms with Gasteiger partial charge in [0, 0.05) is 39.3 Å². The van der Waals surface area contributed by atoms with E-state index < -0.39 is 5.60 Å². The maximum Gasteiger partial charge on any atom is 0.320 e. The SMILES string of the molecule is CCN(CC)C(=O)N1CCN(C(=O)C(C)(C)Oc2ccccc2)CC1. The third-order valence-corrected chi connectivity index (χ3v) is 4.50. The molecule has 1 fully saturated rings. The Bertz CT molecular complexity index is 577. The Kier molecular flexibility index (Phi) is 6.28. The molecule has 6 heteroatoms. The average molecular weight is 347 g/mol. The lowest BCUT2D eigenvalue weighted by atomic mass is 10.1. The zero-order chi connectivity index (χ0) is 18.4. The number of amides is 3. The number of piperazine rings is 1. The second-order valence-corrected chi connectivity index (χ2v) is 6.66. The number of urea groups is 1. The van der Waals surface area contributed by atoms with Crippen molar-refractivity contribution >= 4 is 11.9 Å². The highest BCUT2D eigenvalue weighted by molar-refractivity contribution is 5.85. The van der Waals surface area contributed by atoms with Gasteiger partial charge in [0.1, 0.15) is 5.75 Å². The molecule has 0 unspecified atom stereocenters. The van der Waals surface area contributed by atoms with Gasteiger partial charge in [-0.2, -0.15) is 0 Å². The fourth-order valence-electron chi connectivity index (χ4n) is 3.00. The minimum atomic E-state index is -0.938. The molecule has 1 saturated heterocycles. The van der Waals surface area contributed by atoms with E-state index in [0.717, 1.165) is 0 Å². The number of benzene rings is 1. The van der Waals surface area contributed by atoms with Gasteiger partial charge in [-0.1, -0.05) is 18.2 Å². The number of carbonyl (C=O) groups excluding carboxylic acids is 2. The molecule has 0 radical (unpaired) electrons. The van der Waals surface area contributed by atoms with Gasteiger partial charge in [0.05, 0.1) is 0 Å². The van der Waals surface area contributed by atoms with E-state index in [9.17, 15) is 9.59 Å². The van der Waals surface area contributed by atoms with Crippen molar-refractivity contribution in [2.45, 2.75) is 33.3 Å². The summed E-state index contributed by atoms with van der Waals surface area (Å²) in [5.74, 6) is 0.627. The molecule has 1 aliphatic rings. The van der Waals surface area contributed by atoms with Gasteiger partial charge in [-0.05, 0) is 39.8 Å². The average Bonchev–Trinajstić information content (AvgIpc) is 2.62. The van der Waals surface area contributed by atoms with E-state index >= 15 is 0 Å². The third-order valence-electron chi connectivity index (χ3n) is 4.50. The molecule has 0 bridgehead atoms. The topological polar surface area (TPSA) is 53.1 Å². The van der Waals surface area contributed by atoms with Crippen LogP contribution in [0.25, 0.3) is 0 Å². The number of carbonyl (C=O) groups is 2.